The molecule has 0 spiro atoms. The number of hydrogen-bond donors (Lipinski definition) is 1. The summed E-state index contributed by atoms with van der Waals surface area (Å²) in [5.74, 6) is -0.309. The number of nitrogens with one attached hydrogen (secondary N) is 1. The fourth-order valence-corrected chi connectivity index (χ4v) is 2.46. The first-order valence-corrected chi connectivity index (χ1v) is 7.23. The van der Waals surface area contributed by atoms with Crippen molar-refractivity contribution in [3.8, 4) is 0 Å². The molecule has 0 aliphatic carbocycles. The van der Waals surface area contributed by atoms with E-state index in [1.165, 1.54) is 0 Å². The predicted molar refractivity (Wildman–Crippen MR) is 83.6 cm³/mol. The van der Waals surface area contributed by atoms with E-state index < -0.39 is 10.9 Å². The Kier molecular flexibility index (Phi) is 5.30. The molecule has 0 radical (unpaired) electrons. The standard InChI is InChI=1S/C15H12Cl3NO/c16-12-9-5-4-8-11(12)15(20)19-13(14(17)18)10-6-2-1-3-7-10/h1-9,13-14H,(H,19,20)/t13-/m1/s1. The summed E-state index contributed by atoms with van der Waals surface area (Å²) in [4.78, 5) is 11.5. The van der Waals surface area contributed by atoms with Crippen LogP contribution in [0, 0.1) is 0 Å². The zero-order chi connectivity index (χ0) is 14.5. The third-order valence-electron chi connectivity index (χ3n) is 2.82. The molecule has 0 bridgehead atoms. The maximum absolute atomic E-state index is 12.2. The highest BCUT2D eigenvalue weighted by Gasteiger charge is 2.22. The second kappa shape index (κ2) is 6.98. The first kappa shape index (κ1) is 15.2. The van der Waals surface area contributed by atoms with Crippen LogP contribution in [-0.2, 0) is 0 Å². The summed E-state index contributed by atoms with van der Waals surface area (Å²) < 4.78 is 0. The van der Waals surface area contributed by atoms with Gasteiger partial charge in [-0.05, 0) is 17.7 Å². The van der Waals surface area contributed by atoms with Gasteiger partial charge >= 0.3 is 0 Å². The monoisotopic (exact) mass is 327 g/mol. The molecule has 20 heavy (non-hydrogen) atoms. The molecule has 104 valence electrons. The molecule has 0 saturated carbocycles. The van der Waals surface area contributed by atoms with Crippen LogP contribution < -0.4 is 5.32 Å². The summed E-state index contributed by atoms with van der Waals surface area (Å²) in [6.07, 6.45) is 0. The largest absolute Gasteiger partial charge is 0.342 e. The lowest BCUT2D eigenvalue weighted by Gasteiger charge is -2.20. The average molecular weight is 329 g/mol. The van der Waals surface area contributed by atoms with Crippen molar-refractivity contribution in [3.63, 3.8) is 0 Å². The molecule has 2 aromatic rings. The van der Waals surface area contributed by atoms with Crippen molar-refractivity contribution < 1.29 is 4.79 Å². The molecule has 0 heterocycles. The molecule has 2 nitrogen and oxygen atoms in total. The molecular weight excluding hydrogens is 317 g/mol. The first-order valence-electron chi connectivity index (χ1n) is 5.98. The van der Waals surface area contributed by atoms with Crippen LogP contribution in [0.1, 0.15) is 22.0 Å². The van der Waals surface area contributed by atoms with Crippen molar-refractivity contribution in [1.82, 2.24) is 5.32 Å². The van der Waals surface area contributed by atoms with Gasteiger partial charge in [0.05, 0.1) is 16.6 Å². The number of hydrogen-bond acceptors (Lipinski definition) is 1. The minimum absolute atomic E-state index is 0.309. The number of benzene rings is 2. The number of rotatable bonds is 4. The van der Waals surface area contributed by atoms with Crippen LogP contribution >= 0.6 is 34.8 Å². The van der Waals surface area contributed by atoms with Gasteiger partial charge in [-0.2, -0.15) is 0 Å². The van der Waals surface area contributed by atoms with Crippen molar-refractivity contribution in [1.29, 1.82) is 0 Å². The SMILES string of the molecule is O=C(N[C@H](c1ccccc1)C(Cl)Cl)c1ccccc1Cl. The minimum Gasteiger partial charge on any atom is -0.342 e. The number of carbonyl (C=O) groups excluding carboxylic acids is 1. The fourth-order valence-electron chi connectivity index (χ4n) is 1.82. The number of halogens is 3. The topological polar surface area (TPSA) is 29.1 Å². The maximum atomic E-state index is 12.2. The molecule has 1 amide bonds. The van der Waals surface area contributed by atoms with Crippen LogP contribution in [0.5, 0.6) is 0 Å². The maximum Gasteiger partial charge on any atom is 0.253 e. The second-order valence-corrected chi connectivity index (χ2v) is 5.75. The van der Waals surface area contributed by atoms with Gasteiger partial charge in [0.2, 0.25) is 0 Å². The van der Waals surface area contributed by atoms with Gasteiger partial charge in [0, 0.05) is 0 Å². The Bertz CT molecular complexity index is 587. The molecule has 0 aliphatic heterocycles. The Labute approximate surface area is 132 Å². The highest BCUT2D eigenvalue weighted by atomic mass is 35.5. The van der Waals surface area contributed by atoms with Gasteiger partial charge in [-0.25, -0.2) is 0 Å². The van der Waals surface area contributed by atoms with Crippen LogP contribution in [0.2, 0.25) is 5.02 Å². The van der Waals surface area contributed by atoms with E-state index in [-0.39, 0.29) is 5.91 Å². The van der Waals surface area contributed by atoms with Crippen molar-refractivity contribution >= 4 is 40.7 Å². The van der Waals surface area contributed by atoms with E-state index in [4.69, 9.17) is 34.8 Å². The van der Waals surface area contributed by atoms with E-state index in [1.54, 1.807) is 24.3 Å². The highest BCUT2D eigenvalue weighted by Crippen LogP contribution is 2.25. The van der Waals surface area contributed by atoms with Crippen LogP contribution in [0.25, 0.3) is 0 Å². The highest BCUT2D eigenvalue weighted by molar-refractivity contribution is 6.44. The molecule has 0 fully saturated rings. The Morgan fingerprint density at radius 2 is 1.55 bits per heavy atom. The number of carbonyl (C=O) groups is 1. The van der Waals surface area contributed by atoms with Crippen LogP contribution in [0.3, 0.4) is 0 Å². The van der Waals surface area contributed by atoms with Crippen molar-refractivity contribution in [2.45, 2.75) is 10.9 Å². The Morgan fingerprint density at radius 1 is 0.950 bits per heavy atom. The molecule has 0 unspecified atom stereocenters. The van der Waals surface area contributed by atoms with Crippen molar-refractivity contribution in [2.75, 3.05) is 0 Å². The number of amides is 1. The minimum atomic E-state index is -0.760. The van der Waals surface area contributed by atoms with E-state index in [9.17, 15) is 4.79 Å². The van der Waals surface area contributed by atoms with E-state index in [0.29, 0.717) is 10.6 Å². The zero-order valence-corrected chi connectivity index (χ0v) is 12.7. The van der Waals surface area contributed by atoms with Gasteiger partial charge in [0.25, 0.3) is 5.91 Å². The van der Waals surface area contributed by atoms with Gasteiger partial charge in [0.1, 0.15) is 4.84 Å². The van der Waals surface area contributed by atoms with Gasteiger partial charge < -0.3 is 5.32 Å². The summed E-state index contributed by atoms with van der Waals surface area (Å²) in [7, 11) is 0. The molecule has 2 aromatic carbocycles. The fraction of sp³-hybridized carbons (Fsp3) is 0.133. The molecular formula is C15H12Cl3NO. The van der Waals surface area contributed by atoms with E-state index in [0.717, 1.165) is 5.56 Å². The lowest BCUT2D eigenvalue weighted by atomic mass is 10.1. The summed E-state index contributed by atoms with van der Waals surface area (Å²) in [6.45, 7) is 0. The average Bonchev–Trinajstić information content (AvgIpc) is 2.45. The van der Waals surface area contributed by atoms with E-state index in [2.05, 4.69) is 5.32 Å². The van der Waals surface area contributed by atoms with Crippen molar-refractivity contribution in [3.05, 3.63) is 70.7 Å². The summed E-state index contributed by atoms with van der Waals surface area (Å²) in [6, 6.07) is 15.6. The van der Waals surface area contributed by atoms with Gasteiger partial charge in [-0.15, -0.1) is 23.2 Å². The molecule has 5 heteroatoms. The first-order chi connectivity index (χ1) is 9.59. The molecule has 2 rings (SSSR count). The molecule has 0 aliphatic rings. The Hall–Kier alpha value is -1.22. The number of alkyl halides is 2. The normalized spacial score (nSPS) is 12.2. The van der Waals surface area contributed by atoms with Gasteiger partial charge in [-0.3, -0.25) is 4.79 Å². The molecule has 1 N–H and O–H groups in total. The van der Waals surface area contributed by atoms with Crippen LogP contribution in [-0.4, -0.2) is 10.7 Å². The Balaban J connectivity index is 2.22. The van der Waals surface area contributed by atoms with Gasteiger partial charge in [0.15, 0.2) is 0 Å². The third-order valence-corrected chi connectivity index (χ3v) is 3.65. The summed E-state index contributed by atoms with van der Waals surface area (Å²) >= 11 is 17.9. The van der Waals surface area contributed by atoms with Crippen LogP contribution in [0.4, 0.5) is 0 Å². The van der Waals surface area contributed by atoms with E-state index in [1.807, 2.05) is 30.3 Å². The lowest BCUT2D eigenvalue weighted by molar-refractivity contribution is 0.0939. The smallest absolute Gasteiger partial charge is 0.253 e. The second-order valence-electron chi connectivity index (χ2n) is 4.18. The van der Waals surface area contributed by atoms with E-state index >= 15 is 0 Å². The predicted octanol–water partition coefficient (Wildman–Crippen LogP) is 4.61. The van der Waals surface area contributed by atoms with Crippen molar-refractivity contribution in [2.24, 2.45) is 0 Å². The van der Waals surface area contributed by atoms with Crippen LogP contribution in [0.15, 0.2) is 54.6 Å². The zero-order valence-electron chi connectivity index (χ0n) is 10.4. The lowest BCUT2D eigenvalue weighted by Crippen LogP contribution is -2.32. The molecule has 0 aromatic heterocycles. The summed E-state index contributed by atoms with van der Waals surface area (Å²) in [5.41, 5.74) is 1.23. The Morgan fingerprint density at radius 3 is 2.15 bits per heavy atom. The summed E-state index contributed by atoms with van der Waals surface area (Å²) in [5, 5.41) is 3.19. The quantitative estimate of drug-likeness (QED) is 0.816. The third kappa shape index (κ3) is 3.66. The molecule has 1 atom stereocenters. The molecule has 0 saturated heterocycles. The van der Waals surface area contributed by atoms with Gasteiger partial charge in [-0.1, -0.05) is 54.1 Å².